The Balaban J connectivity index is 1.79. The minimum absolute atomic E-state index is 0.183. The number of tetrazole rings is 1. The Kier molecular flexibility index (Phi) is 3.78. The van der Waals surface area contributed by atoms with Crippen molar-refractivity contribution in [3.63, 3.8) is 0 Å². The highest BCUT2D eigenvalue weighted by atomic mass is 19.1. The van der Waals surface area contributed by atoms with Gasteiger partial charge in [0.15, 0.2) is 11.6 Å². The molecule has 0 amide bonds. The van der Waals surface area contributed by atoms with E-state index >= 15 is 0 Å². The lowest BCUT2D eigenvalue weighted by molar-refractivity contribution is 0.386. The molecule has 5 nitrogen and oxygen atoms in total. The average molecular weight is 302 g/mol. The highest BCUT2D eigenvalue weighted by molar-refractivity contribution is 5.53. The maximum Gasteiger partial charge on any atom is 0.204 e. The molecule has 0 aliphatic carbocycles. The molecule has 0 radical (unpaired) electrons. The van der Waals surface area contributed by atoms with Gasteiger partial charge in [0.2, 0.25) is 5.82 Å². The number of benzene rings is 2. The Hall–Kier alpha value is -2.83. The molecular weight excluding hydrogens is 290 g/mol. The summed E-state index contributed by atoms with van der Waals surface area (Å²) in [5, 5.41) is 12.0. The molecule has 3 rings (SSSR count). The molecule has 0 saturated carbocycles. The second-order valence-corrected chi connectivity index (χ2v) is 4.62. The predicted molar refractivity (Wildman–Crippen MR) is 75.3 cm³/mol. The molecule has 0 aliphatic rings. The van der Waals surface area contributed by atoms with Crippen LogP contribution >= 0.6 is 0 Å². The van der Waals surface area contributed by atoms with E-state index in [0.29, 0.717) is 17.0 Å². The number of nitrogens with zero attached hydrogens (tertiary/aromatic N) is 4. The fourth-order valence-electron chi connectivity index (χ4n) is 2.00. The zero-order valence-electron chi connectivity index (χ0n) is 11.7. The summed E-state index contributed by atoms with van der Waals surface area (Å²) < 4.78 is 31.4. The smallest absolute Gasteiger partial charge is 0.204 e. The van der Waals surface area contributed by atoms with Gasteiger partial charge < -0.3 is 4.74 Å². The molecule has 1 heterocycles. The van der Waals surface area contributed by atoms with Crippen molar-refractivity contribution in [2.45, 2.75) is 6.54 Å². The van der Waals surface area contributed by atoms with Crippen molar-refractivity contribution >= 4 is 0 Å². The maximum absolute atomic E-state index is 13.6. The Morgan fingerprint density at radius 3 is 2.55 bits per heavy atom. The van der Waals surface area contributed by atoms with E-state index in [0.717, 1.165) is 0 Å². The van der Waals surface area contributed by atoms with Gasteiger partial charge in [-0.05, 0) is 47.2 Å². The van der Waals surface area contributed by atoms with Gasteiger partial charge in [-0.15, -0.1) is 10.2 Å². The first kappa shape index (κ1) is 14.1. The van der Waals surface area contributed by atoms with Crippen LogP contribution < -0.4 is 4.74 Å². The summed E-state index contributed by atoms with van der Waals surface area (Å²) in [6, 6.07) is 10.4. The van der Waals surface area contributed by atoms with Crippen LogP contribution in [0.5, 0.6) is 5.75 Å². The summed E-state index contributed by atoms with van der Waals surface area (Å²) in [5.74, 6) is -0.208. The van der Waals surface area contributed by atoms with Crippen LogP contribution in [0.2, 0.25) is 0 Å². The van der Waals surface area contributed by atoms with Crippen LogP contribution in [0.4, 0.5) is 8.78 Å². The summed E-state index contributed by atoms with van der Waals surface area (Å²) >= 11 is 0. The molecule has 0 saturated heterocycles. The molecule has 0 bridgehead atoms. The minimum Gasteiger partial charge on any atom is -0.494 e. The zero-order chi connectivity index (χ0) is 15.5. The molecule has 3 aromatic rings. The Labute approximate surface area is 125 Å². The lowest BCUT2D eigenvalue weighted by atomic mass is 10.2. The molecule has 0 fully saturated rings. The van der Waals surface area contributed by atoms with Gasteiger partial charge >= 0.3 is 0 Å². The van der Waals surface area contributed by atoms with Crippen molar-refractivity contribution in [2.75, 3.05) is 7.11 Å². The van der Waals surface area contributed by atoms with Crippen LogP contribution in [0.15, 0.2) is 42.5 Å². The molecule has 112 valence electrons. The molecule has 0 aliphatic heterocycles. The second kappa shape index (κ2) is 5.88. The fourth-order valence-corrected chi connectivity index (χ4v) is 2.00. The third-order valence-electron chi connectivity index (χ3n) is 3.10. The largest absolute Gasteiger partial charge is 0.494 e. The molecule has 1 aromatic heterocycles. The van der Waals surface area contributed by atoms with Crippen molar-refractivity contribution in [2.24, 2.45) is 0 Å². The van der Waals surface area contributed by atoms with Crippen molar-refractivity contribution in [1.29, 1.82) is 0 Å². The fraction of sp³-hybridized carbons (Fsp3) is 0.133. The van der Waals surface area contributed by atoms with Gasteiger partial charge in [-0.3, -0.25) is 0 Å². The number of rotatable bonds is 4. The lowest BCUT2D eigenvalue weighted by Gasteiger charge is -2.04. The van der Waals surface area contributed by atoms with Crippen molar-refractivity contribution < 1.29 is 13.5 Å². The Bertz CT molecular complexity index is 786. The Morgan fingerprint density at radius 2 is 1.86 bits per heavy atom. The predicted octanol–water partition coefficient (Wildman–Crippen LogP) is 2.68. The quantitative estimate of drug-likeness (QED) is 0.743. The van der Waals surface area contributed by atoms with E-state index < -0.39 is 5.82 Å². The summed E-state index contributed by atoms with van der Waals surface area (Å²) in [7, 11) is 1.41. The summed E-state index contributed by atoms with van der Waals surface area (Å²) in [5.41, 5.74) is 1.34. The first-order valence-electron chi connectivity index (χ1n) is 6.52. The molecular formula is C15H12F2N4O. The van der Waals surface area contributed by atoms with Gasteiger partial charge in [-0.2, -0.15) is 4.80 Å². The third-order valence-corrected chi connectivity index (χ3v) is 3.10. The topological polar surface area (TPSA) is 52.8 Å². The van der Waals surface area contributed by atoms with Gasteiger partial charge in [0.05, 0.1) is 13.7 Å². The molecule has 0 unspecified atom stereocenters. The number of hydrogen-bond acceptors (Lipinski definition) is 4. The number of methoxy groups -OCH3 is 1. The molecule has 0 spiro atoms. The van der Waals surface area contributed by atoms with Crippen LogP contribution in [-0.4, -0.2) is 27.3 Å². The highest BCUT2D eigenvalue weighted by Gasteiger charge is 2.08. The van der Waals surface area contributed by atoms with Gasteiger partial charge in [0, 0.05) is 5.56 Å². The van der Waals surface area contributed by atoms with Crippen molar-refractivity contribution in [3.8, 4) is 17.1 Å². The van der Waals surface area contributed by atoms with E-state index in [-0.39, 0.29) is 18.1 Å². The van der Waals surface area contributed by atoms with E-state index in [1.807, 2.05) is 0 Å². The maximum atomic E-state index is 13.6. The molecule has 0 N–H and O–H groups in total. The van der Waals surface area contributed by atoms with E-state index in [1.54, 1.807) is 24.3 Å². The van der Waals surface area contributed by atoms with Crippen molar-refractivity contribution in [3.05, 3.63) is 59.7 Å². The zero-order valence-corrected chi connectivity index (χ0v) is 11.7. The average Bonchev–Trinajstić information content (AvgIpc) is 2.97. The van der Waals surface area contributed by atoms with Crippen LogP contribution in [-0.2, 0) is 6.54 Å². The van der Waals surface area contributed by atoms with E-state index in [4.69, 9.17) is 4.74 Å². The van der Waals surface area contributed by atoms with Crippen molar-refractivity contribution in [1.82, 2.24) is 20.2 Å². The first-order chi connectivity index (χ1) is 10.7. The number of ether oxygens (including phenoxy) is 1. The van der Waals surface area contributed by atoms with Gasteiger partial charge in [-0.1, -0.05) is 6.07 Å². The SMILES string of the molecule is COc1ccc(Cn2nnc(-c3ccc(F)cc3)n2)cc1F. The third kappa shape index (κ3) is 2.93. The number of aromatic nitrogens is 4. The molecule has 22 heavy (non-hydrogen) atoms. The highest BCUT2D eigenvalue weighted by Crippen LogP contribution is 2.18. The normalized spacial score (nSPS) is 10.7. The molecule has 7 heteroatoms. The standard InChI is InChI=1S/C15H12F2N4O/c1-22-14-7-2-10(8-13(14)17)9-21-19-15(18-20-21)11-3-5-12(16)6-4-11/h2-8H,9H2,1H3. The molecule has 0 atom stereocenters. The van der Waals surface area contributed by atoms with Gasteiger partial charge in [-0.25, -0.2) is 8.78 Å². The van der Waals surface area contributed by atoms with Crippen LogP contribution in [0.1, 0.15) is 5.56 Å². The molecule has 2 aromatic carbocycles. The second-order valence-electron chi connectivity index (χ2n) is 4.62. The van der Waals surface area contributed by atoms with Crippen LogP contribution in [0, 0.1) is 11.6 Å². The summed E-state index contributed by atoms with van der Waals surface area (Å²) in [6.45, 7) is 0.273. The number of hydrogen-bond donors (Lipinski definition) is 0. The van der Waals surface area contributed by atoms with Crippen LogP contribution in [0.3, 0.4) is 0 Å². The van der Waals surface area contributed by atoms with E-state index in [2.05, 4.69) is 15.4 Å². The minimum atomic E-state index is -0.445. The van der Waals surface area contributed by atoms with E-state index in [9.17, 15) is 8.78 Å². The summed E-state index contributed by atoms with van der Waals surface area (Å²) in [4.78, 5) is 1.35. The lowest BCUT2D eigenvalue weighted by Crippen LogP contribution is -2.04. The first-order valence-corrected chi connectivity index (χ1v) is 6.52. The number of halogens is 2. The van der Waals surface area contributed by atoms with Crippen LogP contribution in [0.25, 0.3) is 11.4 Å². The van der Waals surface area contributed by atoms with Gasteiger partial charge in [0.25, 0.3) is 0 Å². The Morgan fingerprint density at radius 1 is 1.09 bits per heavy atom. The summed E-state index contributed by atoms with van der Waals surface area (Å²) in [6.07, 6.45) is 0. The van der Waals surface area contributed by atoms with E-state index in [1.165, 1.54) is 30.1 Å². The monoisotopic (exact) mass is 302 g/mol. The van der Waals surface area contributed by atoms with Gasteiger partial charge in [0.1, 0.15) is 5.82 Å².